The fourth-order valence-electron chi connectivity index (χ4n) is 1.46. The molecule has 1 aromatic rings. The van der Waals surface area contributed by atoms with Crippen molar-refractivity contribution in [3.63, 3.8) is 0 Å². The SMILES string of the molecule is COc1ccccc1CC(=O)NCC(C)CN. The molecule has 1 atom stereocenters. The van der Waals surface area contributed by atoms with E-state index < -0.39 is 0 Å². The summed E-state index contributed by atoms with van der Waals surface area (Å²) in [6, 6.07) is 7.53. The van der Waals surface area contributed by atoms with Crippen LogP contribution in [0.1, 0.15) is 12.5 Å². The second kappa shape index (κ2) is 6.91. The van der Waals surface area contributed by atoms with Gasteiger partial charge in [0.25, 0.3) is 0 Å². The molecule has 1 amide bonds. The lowest BCUT2D eigenvalue weighted by Gasteiger charge is -2.11. The van der Waals surface area contributed by atoms with Crippen molar-refractivity contribution in [2.45, 2.75) is 13.3 Å². The molecule has 0 saturated carbocycles. The molecule has 94 valence electrons. The number of para-hydroxylation sites is 1. The summed E-state index contributed by atoms with van der Waals surface area (Å²) in [4.78, 5) is 11.7. The lowest BCUT2D eigenvalue weighted by atomic mass is 10.1. The Hall–Kier alpha value is -1.55. The van der Waals surface area contributed by atoms with E-state index in [9.17, 15) is 4.79 Å². The van der Waals surface area contributed by atoms with E-state index in [0.717, 1.165) is 11.3 Å². The Kier molecular flexibility index (Phi) is 5.49. The van der Waals surface area contributed by atoms with Gasteiger partial charge in [-0.3, -0.25) is 4.79 Å². The molecule has 0 heterocycles. The number of methoxy groups -OCH3 is 1. The summed E-state index contributed by atoms with van der Waals surface area (Å²) >= 11 is 0. The van der Waals surface area contributed by atoms with Crippen molar-refractivity contribution in [1.82, 2.24) is 5.32 Å². The summed E-state index contributed by atoms with van der Waals surface area (Å²) in [7, 11) is 1.60. The highest BCUT2D eigenvalue weighted by Crippen LogP contribution is 2.17. The Morgan fingerprint density at radius 2 is 2.18 bits per heavy atom. The van der Waals surface area contributed by atoms with E-state index >= 15 is 0 Å². The number of nitrogens with one attached hydrogen (secondary N) is 1. The van der Waals surface area contributed by atoms with Gasteiger partial charge < -0.3 is 15.8 Å². The zero-order valence-corrected chi connectivity index (χ0v) is 10.4. The minimum Gasteiger partial charge on any atom is -0.496 e. The minimum atomic E-state index is -0.00481. The third kappa shape index (κ3) is 4.44. The molecule has 4 nitrogen and oxygen atoms in total. The van der Waals surface area contributed by atoms with E-state index in [1.165, 1.54) is 0 Å². The first-order valence-corrected chi connectivity index (χ1v) is 5.76. The van der Waals surface area contributed by atoms with Gasteiger partial charge in [-0.25, -0.2) is 0 Å². The fourth-order valence-corrected chi connectivity index (χ4v) is 1.46. The smallest absolute Gasteiger partial charge is 0.224 e. The maximum Gasteiger partial charge on any atom is 0.224 e. The third-order valence-electron chi connectivity index (χ3n) is 2.59. The van der Waals surface area contributed by atoms with Gasteiger partial charge in [-0.2, -0.15) is 0 Å². The quantitative estimate of drug-likeness (QED) is 0.773. The molecular weight excluding hydrogens is 216 g/mol. The van der Waals surface area contributed by atoms with Crippen LogP contribution in [0.4, 0.5) is 0 Å². The molecule has 0 spiro atoms. The van der Waals surface area contributed by atoms with E-state index in [0.29, 0.717) is 25.4 Å². The van der Waals surface area contributed by atoms with Crippen molar-refractivity contribution in [2.24, 2.45) is 11.7 Å². The monoisotopic (exact) mass is 236 g/mol. The molecule has 0 radical (unpaired) electrons. The number of carbonyl (C=O) groups is 1. The van der Waals surface area contributed by atoms with Crippen LogP contribution in [0.3, 0.4) is 0 Å². The number of benzene rings is 1. The lowest BCUT2D eigenvalue weighted by molar-refractivity contribution is -0.120. The van der Waals surface area contributed by atoms with Crippen molar-refractivity contribution in [3.8, 4) is 5.75 Å². The summed E-state index contributed by atoms with van der Waals surface area (Å²) in [6.07, 6.45) is 0.335. The molecule has 0 aliphatic heterocycles. The molecule has 0 fully saturated rings. The maximum atomic E-state index is 11.7. The predicted molar refractivity (Wildman–Crippen MR) is 67.9 cm³/mol. The van der Waals surface area contributed by atoms with Gasteiger partial charge in [-0.1, -0.05) is 25.1 Å². The normalized spacial score (nSPS) is 11.9. The average Bonchev–Trinajstić information content (AvgIpc) is 2.36. The number of hydrogen-bond donors (Lipinski definition) is 2. The summed E-state index contributed by atoms with van der Waals surface area (Å²) in [5.41, 5.74) is 6.38. The number of rotatable bonds is 6. The van der Waals surface area contributed by atoms with Crippen LogP contribution in [0.25, 0.3) is 0 Å². The van der Waals surface area contributed by atoms with Crippen LogP contribution in [-0.2, 0) is 11.2 Å². The summed E-state index contributed by atoms with van der Waals surface area (Å²) in [6.45, 7) is 3.20. The number of carbonyl (C=O) groups excluding carboxylic acids is 1. The van der Waals surface area contributed by atoms with Crippen molar-refractivity contribution in [1.29, 1.82) is 0 Å². The Balaban J connectivity index is 2.50. The van der Waals surface area contributed by atoms with Gasteiger partial charge in [-0.15, -0.1) is 0 Å². The van der Waals surface area contributed by atoms with Gasteiger partial charge in [0.15, 0.2) is 0 Å². The van der Waals surface area contributed by atoms with Gasteiger partial charge in [0, 0.05) is 12.1 Å². The molecule has 0 bridgehead atoms. The van der Waals surface area contributed by atoms with Gasteiger partial charge in [0.1, 0.15) is 5.75 Å². The highest BCUT2D eigenvalue weighted by molar-refractivity contribution is 5.79. The summed E-state index contributed by atoms with van der Waals surface area (Å²) in [5.74, 6) is 1.04. The van der Waals surface area contributed by atoms with Crippen LogP contribution in [0.15, 0.2) is 24.3 Å². The standard InChI is InChI=1S/C13H20N2O2/c1-10(8-14)9-15-13(16)7-11-5-3-4-6-12(11)17-2/h3-6,10H,7-9,14H2,1-2H3,(H,15,16). The lowest BCUT2D eigenvalue weighted by Crippen LogP contribution is -2.32. The molecule has 4 heteroatoms. The molecule has 0 aliphatic rings. The van der Waals surface area contributed by atoms with Crippen LogP contribution in [0.2, 0.25) is 0 Å². The molecule has 1 aromatic carbocycles. The van der Waals surface area contributed by atoms with Crippen molar-refractivity contribution in [3.05, 3.63) is 29.8 Å². The zero-order valence-electron chi connectivity index (χ0n) is 10.4. The number of amides is 1. The third-order valence-corrected chi connectivity index (χ3v) is 2.59. The first-order valence-electron chi connectivity index (χ1n) is 5.76. The van der Waals surface area contributed by atoms with Crippen LogP contribution in [0.5, 0.6) is 5.75 Å². The van der Waals surface area contributed by atoms with Gasteiger partial charge in [0.05, 0.1) is 13.5 Å². The van der Waals surface area contributed by atoms with Gasteiger partial charge >= 0.3 is 0 Å². The Morgan fingerprint density at radius 1 is 1.47 bits per heavy atom. The van der Waals surface area contributed by atoms with Crippen LogP contribution in [-0.4, -0.2) is 26.1 Å². The Bertz CT molecular complexity index is 366. The molecule has 1 rings (SSSR count). The van der Waals surface area contributed by atoms with E-state index in [2.05, 4.69) is 5.32 Å². The van der Waals surface area contributed by atoms with Gasteiger partial charge in [0.2, 0.25) is 5.91 Å². The predicted octanol–water partition coefficient (Wildman–Crippen LogP) is 0.949. The van der Waals surface area contributed by atoms with E-state index in [1.54, 1.807) is 7.11 Å². The summed E-state index contributed by atoms with van der Waals surface area (Å²) < 4.78 is 5.19. The molecule has 0 aliphatic carbocycles. The molecule has 0 saturated heterocycles. The van der Waals surface area contributed by atoms with Crippen molar-refractivity contribution < 1.29 is 9.53 Å². The fraction of sp³-hybridized carbons (Fsp3) is 0.462. The highest BCUT2D eigenvalue weighted by atomic mass is 16.5. The topological polar surface area (TPSA) is 64.3 Å². The van der Waals surface area contributed by atoms with Gasteiger partial charge in [-0.05, 0) is 18.5 Å². The molecule has 0 aromatic heterocycles. The first kappa shape index (κ1) is 13.5. The molecule has 17 heavy (non-hydrogen) atoms. The molecular formula is C13H20N2O2. The highest BCUT2D eigenvalue weighted by Gasteiger charge is 2.08. The Labute approximate surface area is 102 Å². The van der Waals surface area contributed by atoms with Crippen molar-refractivity contribution in [2.75, 3.05) is 20.2 Å². The second-order valence-corrected chi connectivity index (χ2v) is 4.13. The first-order chi connectivity index (χ1) is 8.17. The van der Waals surface area contributed by atoms with E-state index in [1.807, 2.05) is 31.2 Å². The summed E-state index contributed by atoms with van der Waals surface area (Å²) in [5, 5.41) is 2.86. The minimum absolute atomic E-state index is 0.00481. The zero-order chi connectivity index (χ0) is 12.7. The average molecular weight is 236 g/mol. The number of hydrogen-bond acceptors (Lipinski definition) is 3. The van der Waals surface area contributed by atoms with Crippen LogP contribution >= 0.6 is 0 Å². The molecule has 1 unspecified atom stereocenters. The van der Waals surface area contributed by atoms with E-state index in [-0.39, 0.29) is 5.91 Å². The number of nitrogens with two attached hydrogens (primary N) is 1. The maximum absolute atomic E-state index is 11.7. The second-order valence-electron chi connectivity index (χ2n) is 4.13. The van der Waals surface area contributed by atoms with E-state index in [4.69, 9.17) is 10.5 Å². The van der Waals surface area contributed by atoms with Crippen molar-refractivity contribution >= 4 is 5.91 Å². The largest absolute Gasteiger partial charge is 0.496 e. The van der Waals surface area contributed by atoms with Crippen LogP contribution in [0, 0.1) is 5.92 Å². The number of ether oxygens (including phenoxy) is 1. The Morgan fingerprint density at radius 3 is 2.82 bits per heavy atom. The molecule has 3 N–H and O–H groups in total. The van der Waals surface area contributed by atoms with Crippen LogP contribution < -0.4 is 15.8 Å².